The summed E-state index contributed by atoms with van der Waals surface area (Å²) in [6, 6.07) is 11.6. The zero-order chi connectivity index (χ0) is 13.2. The molecule has 0 radical (unpaired) electrons. The molecular weight excluding hydrogens is 256 g/mol. The minimum absolute atomic E-state index is 0.0698. The van der Waals surface area contributed by atoms with Crippen LogP contribution < -0.4 is 0 Å². The second-order valence-corrected chi connectivity index (χ2v) is 5.15. The average molecular weight is 268 g/mol. The van der Waals surface area contributed by atoms with Crippen molar-refractivity contribution in [1.82, 2.24) is 9.55 Å². The van der Waals surface area contributed by atoms with Gasteiger partial charge in [-0.05, 0) is 36.6 Å². The lowest BCUT2D eigenvalue weighted by atomic mass is 10.3. The Hall–Kier alpha value is -2.20. The molecular formula is C15H12N2OS. The number of hydrogen-bond donors (Lipinski definition) is 0. The first-order valence-electron chi connectivity index (χ1n) is 5.96. The fourth-order valence-electron chi connectivity index (χ4n) is 2.04. The van der Waals surface area contributed by atoms with Crippen molar-refractivity contribution >= 4 is 34.4 Å². The van der Waals surface area contributed by atoms with E-state index in [0.29, 0.717) is 5.82 Å². The van der Waals surface area contributed by atoms with Crippen LogP contribution >= 0.6 is 11.3 Å². The highest BCUT2D eigenvalue weighted by atomic mass is 32.1. The summed E-state index contributed by atoms with van der Waals surface area (Å²) in [6.07, 6.45) is 3.42. The summed E-state index contributed by atoms with van der Waals surface area (Å²) in [5.74, 6) is 0.640. The maximum atomic E-state index is 12.3. The lowest BCUT2D eigenvalue weighted by molar-refractivity contribution is 0.0972. The smallest absolute Gasteiger partial charge is 0.256 e. The summed E-state index contributed by atoms with van der Waals surface area (Å²) in [5.41, 5.74) is 1.69. The van der Waals surface area contributed by atoms with Crippen molar-refractivity contribution in [3.8, 4) is 0 Å². The van der Waals surface area contributed by atoms with Gasteiger partial charge in [0.15, 0.2) is 0 Å². The van der Waals surface area contributed by atoms with Crippen molar-refractivity contribution in [3.63, 3.8) is 0 Å². The first-order valence-corrected chi connectivity index (χ1v) is 6.84. The molecule has 0 atom stereocenters. The number of thiophene rings is 1. The Balaban J connectivity index is 2.00. The van der Waals surface area contributed by atoms with Gasteiger partial charge in [0.2, 0.25) is 0 Å². The molecule has 0 aliphatic rings. The monoisotopic (exact) mass is 268 g/mol. The summed E-state index contributed by atoms with van der Waals surface area (Å²) >= 11 is 1.61. The van der Waals surface area contributed by atoms with E-state index in [0.717, 1.165) is 15.9 Å². The number of imidazole rings is 1. The highest BCUT2D eigenvalue weighted by Crippen LogP contribution is 2.16. The summed E-state index contributed by atoms with van der Waals surface area (Å²) < 4.78 is 1.64. The van der Waals surface area contributed by atoms with Crippen molar-refractivity contribution in [2.45, 2.75) is 6.92 Å². The lowest BCUT2D eigenvalue weighted by Gasteiger charge is -2.00. The number of hydrogen-bond acceptors (Lipinski definition) is 3. The first kappa shape index (κ1) is 11.9. The van der Waals surface area contributed by atoms with Gasteiger partial charge in [0.05, 0.1) is 11.0 Å². The fraction of sp³-hybridized carbons (Fsp3) is 0.0667. The number of carbonyl (C=O) groups excluding carboxylic acids is 1. The van der Waals surface area contributed by atoms with Gasteiger partial charge in [0.1, 0.15) is 5.82 Å². The molecule has 0 aliphatic carbocycles. The van der Waals surface area contributed by atoms with Crippen LogP contribution in [0.25, 0.3) is 17.1 Å². The highest BCUT2D eigenvalue weighted by Gasteiger charge is 2.10. The molecule has 2 heterocycles. The molecule has 0 fully saturated rings. The van der Waals surface area contributed by atoms with Crippen LogP contribution in [0.3, 0.4) is 0 Å². The van der Waals surface area contributed by atoms with Gasteiger partial charge in [0.25, 0.3) is 5.91 Å². The van der Waals surface area contributed by atoms with Crippen molar-refractivity contribution in [2.75, 3.05) is 0 Å². The van der Waals surface area contributed by atoms with Crippen LogP contribution in [0, 0.1) is 6.92 Å². The van der Waals surface area contributed by atoms with Gasteiger partial charge in [-0.15, -0.1) is 11.3 Å². The van der Waals surface area contributed by atoms with Gasteiger partial charge in [-0.2, -0.15) is 0 Å². The molecule has 0 saturated heterocycles. The SMILES string of the molecule is Cc1nc2ccccc2n1C(=O)C=Cc1cccs1. The zero-order valence-electron chi connectivity index (χ0n) is 10.4. The molecule has 3 nitrogen and oxygen atoms in total. The maximum absolute atomic E-state index is 12.3. The molecule has 19 heavy (non-hydrogen) atoms. The summed E-state index contributed by atoms with van der Waals surface area (Å²) in [4.78, 5) is 17.7. The lowest BCUT2D eigenvalue weighted by Crippen LogP contribution is -2.08. The van der Waals surface area contributed by atoms with E-state index in [2.05, 4.69) is 4.98 Å². The number of allylic oxidation sites excluding steroid dienone is 1. The van der Waals surface area contributed by atoms with Gasteiger partial charge in [-0.1, -0.05) is 18.2 Å². The Labute approximate surface area is 114 Å². The molecule has 0 bridgehead atoms. The standard InChI is InChI=1S/C15H12N2OS/c1-11-16-13-6-2-3-7-14(13)17(11)15(18)9-8-12-5-4-10-19-12/h2-10H,1H3. The third-order valence-corrected chi connectivity index (χ3v) is 3.72. The number of aromatic nitrogens is 2. The van der Waals surface area contributed by atoms with E-state index in [4.69, 9.17) is 0 Å². The number of para-hydroxylation sites is 2. The molecule has 3 aromatic rings. The summed E-state index contributed by atoms with van der Waals surface area (Å²) in [7, 11) is 0. The van der Waals surface area contributed by atoms with E-state index in [1.165, 1.54) is 0 Å². The minimum Gasteiger partial charge on any atom is -0.269 e. The Kier molecular flexibility index (Phi) is 3.01. The molecule has 0 aliphatic heterocycles. The van der Waals surface area contributed by atoms with Crippen molar-refractivity contribution in [3.05, 3.63) is 58.6 Å². The second kappa shape index (κ2) is 4.82. The van der Waals surface area contributed by atoms with Crippen molar-refractivity contribution in [2.24, 2.45) is 0 Å². The molecule has 94 valence electrons. The number of fused-ring (bicyclic) bond motifs is 1. The Bertz CT molecular complexity index is 754. The molecule has 0 saturated carbocycles. The van der Waals surface area contributed by atoms with Gasteiger partial charge in [-0.3, -0.25) is 9.36 Å². The largest absolute Gasteiger partial charge is 0.269 e. The van der Waals surface area contributed by atoms with E-state index in [9.17, 15) is 4.79 Å². The van der Waals surface area contributed by atoms with E-state index < -0.39 is 0 Å². The number of benzene rings is 1. The maximum Gasteiger partial charge on any atom is 0.256 e. The van der Waals surface area contributed by atoms with Gasteiger partial charge in [0, 0.05) is 11.0 Å². The van der Waals surface area contributed by atoms with E-state index in [-0.39, 0.29) is 5.91 Å². The van der Waals surface area contributed by atoms with Crippen LogP contribution in [-0.2, 0) is 0 Å². The Morgan fingerprint density at radius 3 is 2.89 bits per heavy atom. The molecule has 1 aromatic carbocycles. The Morgan fingerprint density at radius 2 is 2.11 bits per heavy atom. The molecule has 0 amide bonds. The van der Waals surface area contributed by atoms with Gasteiger partial charge >= 0.3 is 0 Å². The first-order chi connectivity index (χ1) is 9.25. The Morgan fingerprint density at radius 1 is 1.26 bits per heavy atom. The van der Waals surface area contributed by atoms with Crippen LogP contribution in [0.2, 0.25) is 0 Å². The average Bonchev–Trinajstić information content (AvgIpc) is 3.02. The molecule has 0 N–H and O–H groups in total. The molecule has 4 heteroatoms. The fourth-order valence-corrected chi connectivity index (χ4v) is 2.66. The highest BCUT2D eigenvalue weighted by molar-refractivity contribution is 7.10. The van der Waals surface area contributed by atoms with E-state index in [1.807, 2.05) is 54.8 Å². The predicted molar refractivity (Wildman–Crippen MR) is 78.4 cm³/mol. The number of nitrogens with zero attached hydrogens (tertiary/aromatic N) is 2. The number of aryl methyl sites for hydroxylation is 1. The van der Waals surface area contributed by atoms with Crippen molar-refractivity contribution in [1.29, 1.82) is 0 Å². The number of carbonyl (C=O) groups is 1. The molecule has 0 unspecified atom stereocenters. The van der Waals surface area contributed by atoms with Crippen LogP contribution in [0.5, 0.6) is 0 Å². The van der Waals surface area contributed by atoms with E-state index >= 15 is 0 Å². The third kappa shape index (κ3) is 2.22. The molecule has 0 spiro atoms. The van der Waals surface area contributed by atoms with Crippen LogP contribution in [0.15, 0.2) is 47.9 Å². The molecule has 3 rings (SSSR count). The normalized spacial score (nSPS) is 11.4. The number of rotatable bonds is 2. The minimum atomic E-state index is -0.0698. The van der Waals surface area contributed by atoms with E-state index in [1.54, 1.807) is 22.0 Å². The van der Waals surface area contributed by atoms with Crippen LogP contribution in [-0.4, -0.2) is 15.5 Å². The third-order valence-electron chi connectivity index (χ3n) is 2.88. The second-order valence-electron chi connectivity index (χ2n) is 4.17. The van der Waals surface area contributed by atoms with Gasteiger partial charge in [-0.25, -0.2) is 4.98 Å². The summed E-state index contributed by atoms with van der Waals surface area (Å²) in [5, 5.41) is 1.99. The van der Waals surface area contributed by atoms with Gasteiger partial charge < -0.3 is 0 Å². The predicted octanol–water partition coefficient (Wildman–Crippen LogP) is 3.76. The van der Waals surface area contributed by atoms with Crippen molar-refractivity contribution < 1.29 is 4.79 Å². The van der Waals surface area contributed by atoms with Crippen LogP contribution in [0.4, 0.5) is 0 Å². The topological polar surface area (TPSA) is 34.9 Å². The molecule has 2 aromatic heterocycles. The summed E-state index contributed by atoms with van der Waals surface area (Å²) in [6.45, 7) is 1.84. The van der Waals surface area contributed by atoms with Crippen LogP contribution in [0.1, 0.15) is 15.5 Å². The zero-order valence-corrected chi connectivity index (χ0v) is 11.2. The quantitative estimate of drug-likeness (QED) is 0.663.